The van der Waals surface area contributed by atoms with Gasteiger partial charge < -0.3 is 5.73 Å². The molecule has 14 heavy (non-hydrogen) atoms. The maximum absolute atomic E-state index is 11.0. The highest BCUT2D eigenvalue weighted by Crippen LogP contribution is 2.25. The molecule has 0 saturated heterocycles. The zero-order valence-electron chi connectivity index (χ0n) is 8.16. The van der Waals surface area contributed by atoms with Crippen LogP contribution in [0.15, 0.2) is 18.2 Å². The number of benzene rings is 1. The molecule has 1 aromatic carbocycles. The van der Waals surface area contributed by atoms with Gasteiger partial charge in [0.05, 0.1) is 5.69 Å². The van der Waals surface area contributed by atoms with Crippen molar-refractivity contribution in [3.05, 3.63) is 29.3 Å². The van der Waals surface area contributed by atoms with Crippen LogP contribution in [-0.4, -0.2) is 11.9 Å². The number of carbonyl (C=O) groups is 1. The molecule has 1 heterocycles. The van der Waals surface area contributed by atoms with Crippen LogP contribution in [-0.2, 0) is 11.2 Å². The Morgan fingerprint density at radius 2 is 2.36 bits per heavy atom. The molecule has 1 aliphatic rings. The first kappa shape index (κ1) is 9.06. The lowest BCUT2D eigenvalue weighted by Crippen LogP contribution is -2.37. The third-order valence-electron chi connectivity index (χ3n) is 2.55. The molecule has 0 aliphatic carbocycles. The van der Waals surface area contributed by atoms with Crippen LogP contribution in [0.2, 0.25) is 0 Å². The van der Waals surface area contributed by atoms with Gasteiger partial charge in [0.25, 0.3) is 0 Å². The largest absolute Gasteiger partial charge is 0.368 e. The van der Waals surface area contributed by atoms with E-state index in [1.807, 2.05) is 12.1 Å². The molecule has 0 spiro atoms. The van der Waals surface area contributed by atoms with Crippen molar-refractivity contribution in [2.45, 2.75) is 25.8 Å². The molecule has 2 rings (SSSR count). The molecular weight excluding hydrogens is 176 g/mol. The molecule has 0 fully saturated rings. The average molecular weight is 189 g/mol. The van der Waals surface area contributed by atoms with E-state index in [2.05, 4.69) is 18.3 Å². The number of nitrogens with two attached hydrogens (primary N) is 1. The Balaban J connectivity index is 2.27. The van der Waals surface area contributed by atoms with Crippen LogP contribution in [0.3, 0.4) is 0 Å². The van der Waals surface area contributed by atoms with E-state index in [-0.39, 0.29) is 11.9 Å². The molecule has 0 saturated carbocycles. The minimum atomic E-state index is -0.329. The number of primary amides is 1. The van der Waals surface area contributed by atoms with Crippen LogP contribution >= 0.6 is 0 Å². The first-order valence-electron chi connectivity index (χ1n) is 4.76. The summed E-state index contributed by atoms with van der Waals surface area (Å²) in [4.78, 5) is 11.0. The van der Waals surface area contributed by atoms with Gasteiger partial charge in [0, 0.05) is 0 Å². The van der Waals surface area contributed by atoms with Gasteiger partial charge in [-0.2, -0.15) is 0 Å². The van der Waals surface area contributed by atoms with E-state index in [9.17, 15) is 4.79 Å². The second-order valence-corrected chi connectivity index (χ2v) is 3.72. The molecule has 3 nitrogen and oxygen atoms in total. The fraction of sp³-hybridized carbons (Fsp3) is 0.364. The summed E-state index contributed by atoms with van der Waals surface area (Å²) in [6.07, 6.45) is 1.64. The maximum atomic E-state index is 11.0. The summed E-state index contributed by atoms with van der Waals surface area (Å²) in [5.41, 5.74) is 8.60. The third kappa shape index (κ3) is 1.58. The highest BCUT2D eigenvalue weighted by atomic mass is 16.1. The Bertz CT molecular complexity index is 374. The Kier molecular flexibility index (Phi) is 2.15. The van der Waals surface area contributed by atoms with Gasteiger partial charge in [-0.25, -0.2) is 0 Å². The van der Waals surface area contributed by atoms with Crippen molar-refractivity contribution in [3.8, 4) is 0 Å². The number of rotatable bonds is 1. The minimum Gasteiger partial charge on any atom is -0.368 e. The zero-order valence-corrected chi connectivity index (χ0v) is 8.16. The quantitative estimate of drug-likeness (QED) is 0.704. The van der Waals surface area contributed by atoms with Crippen molar-refractivity contribution in [1.29, 1.82) is 0 Å². The van der Waals surface area contributed by atoms with E-state index in [1.165, 1.54) is 11.1 Å². The van der Waals surface area contributed by atoms with E-state index < -0.39 is 0 Å². The second-order valence-electron chi connectivity index (χ2n) is 3.72. The van der Waals surface area contributed by atoms with Gasteiger partial charge in [0.15, 0.2) is 0 Å². The maximum Gasteiger partial charge on any atom is 0.242 e. The molecular formula is C11H13N2O. The second kappa shape index (κ2) is 3.33. The van der Waals surface area contributed by atoms with Gasteiger partial charge in [-0.1, -0.05) is 17.7 Å². The van der Waals surface area contributed by atoms with Gasteiger partial charge >= 0.3 is 0 Å². The molecule has 1 amide bonds. The van der Waals surface area contributed by atoms with Gasteiger partial charge in [0.1, 0.15) is 6.04 Å². The number of nitrogens with zero attached hydrogens (tertiary/aromatic N) is 1. The smallest absolute Gasteiger partial charge is 0.242 e. The minimum absolute atomic E-state index is 0.323. The van der Waals surface area contributed by atoms with Crippen molar-refractivity contribution in [2.24, 2.45) is 5.73 Å². The first-order valence-corrected chi connectivity index (χ1v) is 4.76. The molecule has 1 atom stereocenters. The highest BCUT2D eigenvalue weighted by molar-refractivity contribution is 5.81. The number of hydrogen-bond acceptors (Lipinski definition) is 1. The summed E-state index contributed by atoms with van der Waals surface area (Å²) in [7, 11) is 0. The summed E-state index contributed by atoms with van der Waals surface area (Å²) < 4.78 is 0. The van der Waals surface area contributed by atoms with Crippen molar-refractivity contribution in [2.75, 3.05) is 0 Å². The highest BCUT2D eigenvalue weighted by Gasteiger charge is 2.23. The molecule has 1 aliphatic heterocycles. The monoisotopic (exact) mass is 189 g/mol. The molecule has 73 valence electrons. The Hall–Kier alpha value is -1.51. The SMILES string of the molecule is Cc1ccc2c(c1)CCC(C(N)=O)[N]2. The van der Waals surface area contributed by atoms with Crippen molar-refractivity contribution in [3.63, 3.8) is 0 Å². The number of aryl methyl sites for hydroxylation is 2. The van der Waals surface area contributed by atoms with Crippen LogP contribution in [0.4, 0.5) is 5.69 Å². The number of fused-ring (bicyclic) bond motifs is 1. The lowest BCUT2D eigenvalue weighted by Gasteiger charge is -2.22. The van der Waals surface area contributed by atoms with E-state index in [1.54, 1.807) is 0 Å². The third-order valence-corrected chi connectivity index (χ3v) is 2.55. The van der Waals surface area contributed by atoms with Crippen LogP contribution in [0.1, 0.15) is 17.5 Å². The first-order chi connectivity index (χ1) is 6.66. The molecule has 2 N–H and O–H groups in total. The fourth-order valence-corrected chi connectivity index (χ4v) is 1.77. The molecule has 1 unspecified atom stereocenters. The molecule has 3 heteroatoms. The van der Waals surface area contributed by atoms with Crippen molar-refractivity contribution >= 4 is 11.6 Å². The van der Waals surface area contributed by atoms with Crippen molar-refractivity contribution < 1.29 is 4.79 Å². The Labute approximate surface area is 83.3 Å². The predicted molar refractivity (Wildman–Crippen MR) is 54.3 cm³/mol. The van der Waals surface area contributed by atoms with Gasteiger partial charge in [-0.15, -0.1) is 0 Å². The van der Waals surface area contributed by atoms with E-state index in [0.29, 0.717) is 0 Å². The standard InChI is InChI=1S/C11H13N2O/c1-7-2-4-9-8(6-7)3-5-10(13-9)11(12)14/h2,4,6,10H,3,5H2,1H3,(H2,12,14). The Morgan fingerprint density at radius 1 is 1.57 bits per heavy atom. The van der Waals surface area contributed by atoms with Crippen LogP contribution in [0.5, 0.6) is 0 Å². The lowest BCUT2D eigenvalue weighted by molar-refractivity contribution is -0.120. The summed E-state index contributed by atoms with van der Waals surface area (Å²) in [5, 5.41) is 4.31. The van der Waals surface area contributed by atoms with E-state index >= 15 is 0 Å². The number of carbonyl (C=O) groups excluding carboxylic acids is 1. The Morgan fingerprint density at radius 3 is 3.07 bits per heavy atom. The fourth-order valence-electron chi connectivity index (χ4n) is 1.77. The topological polar surface area (TPSA) is 57.2 Å². The van der Waals surface area contributed by atoms with E-state index in [0.717, 1.165) is 18.5 Å². The van der Waals surface area contributed by atoms with Gasteiger partial charge in [-0.3, -0.25) is 10.1 Å². The van der Waals surface area contributed by atoms with Gasteiger partial charge in [0.2, 0.25) is 5.91 Å². The number of hydrogen-bond donors (Lipinski definition) is 1. The van der Waals surface area contributed by atoms with Crippen LogP contribution in [0.25, 0.3) is 0 Å². The van der Waals surface area contributed by atoms with E-state index in [4.69, 9.17) is 5.73 Å². The van der Waals surface area contributed by atoms with Gasteiger partial charge in [-0.05, 0) is 31.4 Å². The van der Waals surface area contributed by atoms with Crippen LogP contribution < -0.4 is 11.1 Å². The predicted octanol–water partition coefficient (Wildman–Crippen LogP) is 1.03. The van der Waals surface area contributed by atoms with Crippen LogP contribution in [0, 0.1) is 6.92 Å². The lowest BCUT2D eigenvalue weighted by atomic mass is 9.96. The average Bonchev–Trinajstić information content (AvgIpc) is 2.16. The number of amides is 1. The summed E-state index contributed by atoms with van der Waals surface area (Å²) in [5.74, 6) is -0.323. The summed E-state index contributed by atoms with van der Waals surface area (Å²) >= 11 is 0. The normalized spacial score (nSPS) is 19.6. The molecule has 0 aromatic heterocycles. The summed E-state index contributed by atoms with van der Waals surface area (Å²) in [6, 6.07) is 5.76. The molecule has 0 bridgehead atoms. The molecule has 1 radical (unpaired) electrons. The zero-order chi connectivity index (χ0) is 10.1. The summed E-state index contributed by atoms with van der Waals surface area (Å²) in [6.45, 7) is 2.06. The van der Waals surface area contributed by atoms with Crippen molar-refractivity contribution in [1.82, 2.24) is 5.32 Å². The molecule has 1 aromatic rings.